The maximum absolute atomic E-state index is 12.6. The number of benzene rings is 2. The van der Waals surface area contributed by atoms with Gasteiger partial charge in [0.15, 0.2) is 4.80 Å². The predicted octanol–water partition coefficient (Wildman–Crippen LogP) is 4.71. The van der Waals surface area contributed by atoms with Crippen molar-refractivity contribution in [3.63, 3.8) is 0 Å². The second-order valence-electron chi connectivity index (χ2n) is 6.77. The van der Waals surface area contributed by atoms with Crippen LogP contribution in [0, 0.1) is 0 Å². The largest absolute Gasteiger partial charge is 0.318 e. The average molecular weight is 486 g/mol. The molecule has 0 unspecified atom stereocenters. The molecule has 3 rings (SSSR count). The molecule has 0 aliphatic rings. The van der Waals surface area contributed by atoms with Crippen molar-refractivity contribution in [2.24, 2.45) is 12.0 Å². The topological polar surface area (TPSA) is 71.7 Å². The van der Waals surface area contributed by atoms with Crippen molar-refractivity contribution in [2.75, 3.05) is 13.6 Å². The fraction of sp³-hybridized carbons (Fsp3) is 0.300. The molecule has 1 heterocycles. The maximum Gasteiger partial charge on any atom is 0.279 e. The van der Waals surface area contributed by atoms with E-state index < -0.39 is 15.9 Å². The molecule has 0 atom stereocenters. The van der Waals surface area contributed by atoms with Crippen LogP contribution in [0.15, 0.2) is 46.3 Å². The van der Waals surface area contributed by atoms with Crippen molar-refractivity contribution in [2.45, 2.75) is 24.7 Å². The first-order valence-electron chi connectivity index (χ1n) is 9.25. The summed E-state index contributed by atoms with van der Waals surface area (Å²) in [7, 11) is -0.275. The molecule has 3 aromatic rings. The summed E-state index contributed by atoms with van der Waals surface area (Å²) in [6.45, 7) is 2.45. The second kappa shape index (κ2) is 9.20. The number of amides is 1. The molecule has 1 amide bonds. The first kappa shape index (κ1) is 23.0. The Kier molecular flexibility index (Phi) is 7.04. The Morgan fingerprint density at radius 3 is 2.37 bits per heavy atom. The van der Waals surface area contributed by atoms with E-state index in [0.29, 0.717) is 32.5 Å². The molecule has 0 aliphatic carbocycles. The lowest BCUT2D eigenvalue weighted by molar-refractivity contribution is 0.0998. The summed E-state index contributed by atoms with van der Waals surface area (Å²) in [6, 6.07) is 9.20. The lowest BCUT2D eigenvalue weighted by Crippen LogP contribution is -2.27. The van der Waals surface area contributed by atoms with Crippen molar-refractivity contribution >= 4 is 60.7 Å². The summed E-state index contributed by atoms with van der Waals surface area (Å²) in [4.78, 5) is 17.4. The number of sulfonamides is 1. The van der Waals surface area contributed by atoms with Gasteiger partial charge in [-0.1, -0.05) is 47.9 Å². The van der Waals surface area contributed by atoms with E-state index in [1.54, 1.807) is 30.8 Å². The maximum atomic E-state index is 12.6. The van der Waals surface area contributed by atoms with Gasteiger partial charge < -0.3 is 4.57 Å². The van der Waals surface area contributed by atoms with Gasteiger partial charge in [0.05, 0.1) is 25.2 Å². The normalized spacial score (nSPS) is 12.8. The zero-order valence-corrected chi connectivity index (χ0v) is 19.9. The van der Waals surface area contributed by atoms with Crippen LogP contribution in [0.3, 0.4) is 0 Å². The van der Waals surface area contributed by atoms with Crippen molar-refractivity contribution in [1.82, 2.24) is 8.87 Å². The summed E-state index contributed by atoms with van der Waals surface area (Å²) in [5, 5.41) is 1.05. The van der Waals surface area contributed by atoms with Gasteiger partial charge in [0.25, 0.3) is 5.91 Å². The van der Waals surface area contributed by atoms with Crippen LogP contribution >= 0.6 is 34.5 Å². The summed E-state index contributed by atoms with van der Waals surface area (Å²) < 4.78 is 29.0. The Labute approximate surface area is 189 Å². The van der Waals surface area contributed by atoms with Gasteiger partial charge in [-0.25, -0.2) is 12.7 Å². The Morgan fingerprint density at radius 2 is 1.77 bits per heavy atom. The van der Waals surface area contributed by atoms with Gasteiger partial charge in [0.1, 0.15) is 0 Å². The lowest BCUT2D eigenvalue weighted by atomic mass is 10.2. The van der Waals surface area contributed by atoms with Crippen LogP contribution in [0.5, 0.6) is 0 Å². The highest BCUT2D eigenvalue weighted by Gasteiger charge is 2.20. The minimum atomic E-state index is -3.59. The number of aryl methyl sites for hydroxylation is 1. The third-order valence-corrected chi connectivity index (χ3v) is 8.45. The van der Waals surface area contributed by atoms with E-state index in [-0.39, 0.29) is 4.90 Å². The van der Waals surface area contributed by atoms with E-state index in [1.165, 1.54) is 39.9 Å². The SMILES string of the molecule is CCCCN(C)S(=O)(=O)c1ccc(C(=O)N=c2sc3c(Cl)ccc(Cl)c3n2C)cc1. The lowest BCUT2D eigenvalue weighted by Gasteiger charge is -2.16. The molecule has 0 aliphatic heterocycles. The van der Waals surface area contributed by atoms with Gasteiger partial charge in [-0.2, -0.15) is 4.99 Å². The quantitative estimate of drug-likeness (QED) is 0.507. The first-order valence-corrected chi connectivity index (χ1v) is 12.3. The predicted molar refractivity (Wildman–Crippen MR) is 122 cm³/mol. The minimum absolute atomic E-state index is 0.142. The van der Waals surface area contributed by atoms with Crippen LogP contribution in [-0.4, -0.2) is 36.8 Å². The number of rotatable bonds is 6. The van der Waals surface area contributed by atoms with E-state index in [2.05, 4.69) is 4.99 Å². The molecule has 0 saturated heterocycles. The van der Waals surface area contributed by atoms with Crippen molar-refractivity contribution in [1.29, 1.82) is 0 Å². The molecule has 6 nitrogen and oxygen atoms in total. The molecule has 0 radical (unpaired) electrons. The highest BCUT2D eigenvalue weighted by Crippen LogP contribution is 2.31. The first-order chi connectivity index (χ1) is 14.2. The van der Waals surface area contributed by atoms with Crippen LogP contribution < -0.4 is 4.80 Å². The number of hydrogen-bond acceptors (Lipinski definition) is 4. The number of nitrogens with zero attached hydrogens (tertiary/aromatic N) is 3. The highest BCUT2D eigenvalue weighted by atomic mass is 35.5. The molecule has 0 N–H and O–H groups in total. The van der Waals surface area contributed by atoms with E-state index in [4.69, 9.17) is 23.2 Å². The van der Waals surface area contributed by atoms with E-state index >= 15 is 0 Å². The van der Waals surface area contributed by atoms with Crippen LogP contribution in [-0.2, 0) is 17.1 Å². The number of hydrogen-bond donors (Lipinski definition) is 0. The standard InChI is InChI=1S/C20H21Cl2N3O3S2/c1-4-5-12-24(2)30(27,28)14-8-6-13(7-9-14)19(26)23-20-25(3)17-15(21)10-11-16(22)18(17)29-20/h6-11H,4-5,12H2,1-3H3. The second-order valence-corrected chi connectivity index (χ2v) is 10.6. The monoisotopic (exact) mass is 485 g/mol. The van der Waals surface area contributed by atoms with Gasteiger partial charge in [0.2, 0.25) is 10.0 Å². The summed E-state index contributed by atoms with van der Waals surface area (Å²) in [6.07, 6.45) is 1.69. The van der Waals surface area contributed by atoms with Crippen molar-refractivity contribution in [3.8, 4) is 0 Å². The Morgan fingerprint density at radius 1 is 1.13 bits per heavy atom. The highest BCUT2D eigenvalue weighted by molar-refractivity contribution is 7.89. The number of thiazole rings is 1. The van der Waals surface area contributed by atoms with Crippen LogP contribution in [0.2, 0.25) is 10.0 Å². The Bertz CT molecular complexity index is 1260. The molecule has 160 valence electrons. The zero-order chi connectivity index (χ0) is 22.1. The number of fused-ring (bicyclic) bond motifs is 1. The van der Waals surface area contributed by atoms with E-state index in [1.807, 2.05) is 6.92 Å². The van der Waals surface area contributed by atoms with Crippen molar-refractivity contribution < 1.29 is 13.2 Å². The Hall–Kier alpha value is -1.71. The van der Waals surface area contributed by atoms with Gasteiger partial charge in [0, 0.05) is 26.2 Å². The van der Waals surface area contributed by atoms with Crippen LogP contribution in [0.25, 0.3) is 10.2 Å². The molecule has 30 heavy (non-hydrogen) atoms. The molecule has 0 bridgehead atoms. The number of halogens is 2. The number of carbonyl (C=O) groups excluding carboxylic acids is 1. The summed E-state index contributed by atoms with van der Waals surface area (Å²) in [5.74, 6) is -0.479. The fourth-order valence-corrected chi connectivity index (χ4v) is 5.75. The van der Waals surface area contributed by atoms with Crippen molar-refractivity contribution in [3.05, 3.63) is 56.8 Å². The molecule has 10 heteroatoms. The van der Waals surface area contributed by atoms with E-state index in [0.717, 1.165) is 17.5 Å². The number of unbranched alkanes of at least 4 members (excludes halogenated alkanes) is 1. The molecule has 2 aromatic carbocycles. The Balaban J connectivity index is 1.92. The third kappa shape index (κ3) is 4.48. The summed E-state index contributed by atoms with van der Waals surface area (Å²) in [5.41, 5.74) is 0.997. The van der Waals surface area contributed by atoms with Crippen LogP contribution in [0.1, 0.15) is 30.1 Å². The smallest absolute Gasteiger partial charge is 0.279 e. The van der Waals surface area contributed by atoms with Crippen LogP contribution in [0.4, 0.5) is 0 Å². The molecule has 0 spiro atoms. The van der Waals surface area contributed by atoms with E-state index in [9.17, 15) is 13.2 Å². The van der Waals surface area contributed by atoms with Gasteiger partial charge in [-0.05, 0) is 42.8 Å². The number of carbonyl (C=O) groups is 1. The average Bonchev–Trinajstić information content (AvgIpc) is 3.06. The fourth-order valence-electron chi connectivity index (χ4n) is 2.89. The summed E-state index contributed by atoms with van der Waals surface area (Å²) >= 11 is 13.8. The molecular formula is C20H21Cl2N3O3S2. The van der Waals surface area contributed by atoms with Gasteiger partial charge in [-0.15, -0.1) is 0 Å². The van der Waals surface area contributed by atoms with Gasteiger partial charge >= 0.3 is 0 Å². The molecular weight excluding hydrogens is 465 g/mol. The molecule has 0 fully saturated rings. The number of aromatic nitrogens is 1. The minimum Gasteiger partial charge on any atom is -0.318 e. The third-order valence-electron chi connectivity index (χ3n) is 4.68. The molecule has 1 aromatic heterocycles. The van der Waals surface area contributed by atoms with Gasteiger partial charge in [-0.3, -0.25) is 4.79 Å². The molecule has 0 saturated carbocycles. The zero-order valence-electron chi connectivity index (χ0n) is 16.7.